The van der Waals surface area contributed by atoms with Crippen molar-refractivity contribution in [1.29, 1.82) is 0 Å². The smallest absolute Gasteiger partial charge is 0.236 e. The lowest BCUT2D eigenvalue weighted by molar-refractivity contribution is 0.573. The van der Waals surface area contributed by atoms with Crippen LogP contribution in [-0.2, 0) is 13.1 Å². The Kier molecular flexibility index (Phi) is 7.38. The predicted molar refractivity (Wildman–Crippen MR) is 114 cm³/mol. The van der Waals surface area contributed by atoms with E-state index in [0.717, 1.165) is 21.3 Å². The van der Waals surface area contributed by atoms with Crippen molar-refractivity contribution in [1.82, 2.24) is 20.6 Å². The van der Waals surface area contributed by atoms with Crippen LogP contribution in [0.2, 0.25) is 0 Å². The van der Waals surface area contributed by atoms with E-state index in [1.54, 1.807) is 36.0 Å². The van der Waals surface area contributed by atoms with E-state index in [-0.39, 0.29) is 24.0 Å². The minimum absolute atomic E-state index is 0. The maximum absolute atomic E-state index is 5.51. The van der Waals surface area contributed by atoms with Crippen molar-refractivity contribution in [2.75, 3.05) is 7.05 Å². The Balaban J connectivity index is 0.00000225. The van der Waals surface area contributed by atoms with Gasteiger partial charge in [-0.25, -0.2) is 9.97 Å². The third-order valence-electron chi connectivity index (χ3n) is 3.42. The van der Waals surface area contributed by atoms with Crippen LogP contribution < -0.4 is 10.6 Å². The van der Waals surface area contributed by atoms with Crippen LogP contribution in [0.25, 0.3) is 10.8 Å². The molecule has 0 saturated heterocycles. The van der Waals surface area contributed by atoms with Crippen LogP contribution in [0.4, 0.5) is 0 Å². The molecule has 2 N–H and O–H groups in total. The first-order valence-corrected chi connectivity index (χ1v) is 9.21. The van der Waals surface area contributed by atoms with Gasteiger partial charge in [-0.05, 0) is 25.3 Å². The molecule has 25 heavy (non-hydrogen) atoms. The third-order valence-corrected chi connectivity index (χ3v) is 5.35. The molecule has 3 aromatic rings. The van der Waals surface area contributed by atoms with Crippen LogP contribution in [0.5, 0.6) is 0 Å². The normalized spacial score (nSPS) is 11.2. The summed E-state index contributed by atoms with van der Waals surface area (Å²) in [5.74, 6) is 1.36. The van der Waals surface area contributed by atoms with Crippen LogP contribution in [-0.4, -0.2) is 23.0 Å². The molecule has 3 aromatic heterocycles. The van der Waals surface area contributed by atoms with Gasteiger partial charge in [-0.1, -0.05) is 6.07 Å². The Labute approximate surface area is 171 Å². The molecule has 0 aliphatic heterocycles. The average Bonchev–Trinajstić information content (AvgIpc) is 3.30. The number of thiophene rings is 1. The van der Waals surface area contributed by atoms with Gasteiger partial charge >= 0.3 is 0 Å². The zero-order valence-electron chi connectivity index (χ0n) is 14.2. The van der Waals surface area contributed by atoms with Crippen molar-refractivity contribution in [2.24, 2.45) is 4.99 Å². The van der Waals surface area contributed by atoms with Crippen molar-refractivity contribution in [3.05, 3.63) is 45.0 Å². The second kappa shape index (κ2) is 9.30. The summed E-state index contributed by atoms with van der Waals surface area (Å²) in [7, 11) is 1.74. The highest BCUT2D eigenvalue weighted by Crippen LogP contribution is 2.23. The number of guanidine groups is 1. The fourth-order valence-corrected chi connectivity index (χ4v) is 3.60. The Morgan fingerprint density at radius 3 is 2.68 bits per heavy atom. The molecule has 0 radical (unpaired) electrons. The van der Waals surface area contributed by atoms with Gasteiger partial charge in [-0.2, -0.15) is 0 Å². The van der Waals surface area contributed by atoms with Gasteiger partial charge in [-0.3, -0.25) is 4.99 Å². The van der Waals surface area contributed by atoms with Crippen molar-refractivity contribution < 1.29 is 4.42 Å². The first kappa shape index (κ1) is 19.9. The van der Waals surface area contributed by atoms with Gasteiger partial charge in [-0.15, -0.1) is 46.7 Å². The third kappa shape index (κ3) is 5.25. The quantitative estimate of drug-likeness (QED) is 0.323. The summed E-state index contributed by atoms with van der Waals surface area (Å²) >= 11 is 3.31. The van der Waals surface area contributed by atoms with Gasteiger partial charge in [0.1, 0.15) is 11.3 Å². The molecule has 0 atom stereocenters. The molecule has 0 bridgehead atoms. The largest absolute Gasteiger partial charge is 0.443 e. The van der Waals surface area contributed by atoms with Crippen molar-refractivity contribution in [3.63, 3.8) is 0 Å². The van der Waals surface area contributed by atoms with Crippen molar-refractivity contribution >= 4 is 52.6 Å². The lowest BCUT2D eigenvalue weighted by Crippen LogP contribution is -2.36. The Hall–Kier alpha value is -1.46. The zero-order chi connectivity index (χ0) is 16.9. The van der Waals surface area contributed by atoms with Gasteiger partial charge in [0, 0.05) is 11.9 Å². The Morgan fingerprint density at radius 1 is 1.24 bits per heavy atom. The first-order valence-electron chi connectivity index (χ1n) is 7.51. The summed E-state index contributed by atoms with van der Waals surface area (Å²) in [5.41, 5.74) is 1.92. The van der Waals surface area contributed by atoms with E-state index < -0.39 is 0 Å². The lowest BCUT2D eigenvalue weighted by Gasteiger charge is -2.09. The summed E-state index contributed by atoms with van der Waals surface area (Å²) < 4.78 is 5.51. The topological polar surface area (TPSA) is 75.3 Å². The molecule has 134 valence electrons. The monoisotopic (exact) mass is 489 g/mol. The number of thiazole rings is 1. The molecule has 3 heterocycles. The second-order valence-corrected chi connectivity index (χ2v) is 7.39. The van der Waals surface area contributed by atoms with Crippen LogP contribution in [0.15, 0.2) is 33.2 Å². The minimum atomic E-state index is 0. The summed E-state index contributed by atoms with van der Waals surface area (Å²) in [6.45, 7) is 5.31. The molecule has 0 fully saturated rings. The maximum Gasteiger partial charge on any atom is 0.236 e. The van der Waals surface area contributed by atoms with E-state index in [4.69, 9.17) is 4.42 Å². The minimum Gasteiger partial charge on any atom is -0.443 e. The van der Waals surface area contributed by atoms with Crippen LogP contribution in [0, 0.1) is 13.8 Å². The molecule has 0 aliphatic carbocycles. The molecule has 0 unspecified atom stereocenters. The highest BCUT2D eigenvalue weighted by atomic mass is 127. The van der Waals surface area contributed by atoms with Crippen molar-refractivity contribution in [2.45, 2.75) is 26.9 Å². The number of halogens is 1. The highest BCUT2D eigenvalue weighted by molar-refractivity contribution is 14.0. The van der Waals surface area contributed by atoms with E-state index >= 15 is 0 Å². The maximum atomic E-state index is 5.51. The number of nitrogens with zero attached hydrogens (tertiary/aromatic N) is 3. The van der Waals surface area contributed by atoms with E-state index in [9.17, 15) is 0 Å². The van der Waals surface area contributed by atoms with Gasteiger partial charge in [0.2, 0.25) is 5.89 Å². The van der Waals surface area contributed by atoms with Crippen molar-refractivity contribution in [3.8, 4) is 10.8 Å². The summed E-state index contributed by atoms with van der Waals surface area (Å²) in [5, 5.41) is 9.55. The molecule has 0 spiro atoms. The summed E-state index contributed by atoms with van der Waals surface area (Å²) in [4.78, 5) is 15.5. The number of hydrogen-bond acceptors (Lipinski definition) is 6. The second-order valence-electron chi connectivity index (χ2n) is 5.15. The highest BCUT2D eigenvalue weighted by Gasteiger charge is 2.09. The first-order chi connectivity index (χ1) is 11.7. The number of rotatable bonds is 5. The van der Waals surface area contributed by atoms with Gasteiger partial charge in [0.25, 0.3) is 0 Å². The van der Waals surface area contributed by atoms with E-state index in [2.05, 4.69) is 32.5 Å². The summed E-state index contributed by atoms with van der Waals surface area (Å²) in [6, 6.07) is 3.97. The molecular formula is C16H20IN5OS2. The Morgan fingerprint density at radius 2 is 2.04 bits per heavy atom. The fourth-order valence-electron chi connectivity index (χ4n) is 2.07. The standard InChI is InChI=1S/C16H19N5OS2.HI/c1-10-11(2)24-14(20-10)8-19-16(17-3)18-7-12-9-22-15(21-12)13-5-4-6-23-13;/h4-6,9H,7-8H2,1-3H3,(H2,17,18,19);1H. The van der Waals surface area contributed by atoms with Crippen LogP contribution in [0.3, 0.4) is 0 Å². The zero-order valence-corrected chi connectivity index (χ0v) is 18.2. The molecule has 0 amide bonds. The van der Waals surface area contributed by atoms with Crippen LogP contribution >= 0.6 is 46.7 Å². The molecule has 3 rings (SSSR count). The van der Waals surface area contributed by atoms with E-state index in [1.165, 1.54) is 4.88 Å². The Bertz CT molecular complexity index is 806. The number of aromatic nitrogens is 2. The average molecular weight is 489 g/mol. The van der Waals surface area contributed by atoms with E-state index in [0.29, 0.717) is 24.9 Å². The number of oxazole rings is 1. The lowest BCUT2D eigenvalue weighted by atomic mass is 10.4. The molecule has 0 aromatic carbocycles. The van der Waals surface area contributed by atoms with Gasteiger partial charge in [0.15, 0.2) is 5.96 Å². The number of aryl methyl sites for hydroxylation is 2. The summed E-state index contributed by atoms with van der Waals surface area (Å²) in [6.07, 6.45) is 1.67. The fraction of sp³-hybridized carbons (Fsp3) is 0.312. The van der Waals surface area contributed by atoms with Crippen LogP contribution in [0.1, 0.15) is 21.3 Å². The molecule has 6 nitrogen and oxygen atoms in total. The van der Waals surface area contributed by atoms with Gasteiger partial charge < -0.3 is 15.1 Å². The molecule has 0 saturated carbocycles. The SMILES string of the molecule is CN=C(NCc1coc(-c2cccs2)n1)NCc1nc(C)c(C)s1.I. The number of hydrogen-bond donors (Lipinski definition) is 2. The molecule has 0 aliphatic rings. The van der Waals surface area contributed by atoms with E-state index in [1.807, 2.05) is 24.4 Å². The molecule has 9 heteroatoms. The molecular weight excluding hydrogens is 469 g/mol. The van der Waals surface area contributed by atoms with Gasteiger partial charge in [0.05, 0.1) is 29.4 Å². The predicted octanol–water partition coefficient (Wildman–Crippen LogP) is 3.96. The number of nitrogens with one attached hydrogen (secondary N) is 2. The number of aliphatic imine (C=N–C) groups is 1.